The third-order valence-corrected chi connectivity index (χ3v) is 6.85. The molecule has 1 unspecified atom stereocenters. The van der Waals surface area contributed by atoms with Gasteiger partial charge in [-0.2, -0.15) is 5.11 Å². The molecule has 6 rings (SSSR count). The van der Waals surface area contributed by atoms with E-state index >= 15 is 0 Å². The van der Waals surface area contributed by atoms with Gasteiger partial charge in [0.1, 0.15) is 5.66 Å². The van der Waals surface area contributed by atoms with Crippen LogP contribution in [0.3, 0.4) is 0 Å². The van der Waals surface area contributed by atoms with Crippen molar-refractivity contribution in [3.8, 4) is 0 Å². The first kappa shape index (κ1) is 23.8. The number of azo groups is 2. The van der Waals surface area contributed by atoms with Gasteiger partial charge in [-0.05, 0) is 62.2 Å². The van der Waals surface area contributed by atoms with Gasteiger partial charge in [-0.3, -0.25) is 0 Å². The monoisotopic (exact) mass is 500 g/mol. The molecule has 1 atom stereocenters. The summed E-state index contributed by atoms with van der Waals surface area (Å²) in [5, 5.41) is 38.8. The van der Waals surface area contributed by atoms with Crippen molar-refractivity contribution in [2.24, 2.45) is 20.5 Å². The molecule has 0 radical (unpaired) electrons. The van der Waals surface area contributed by atoms with E-state index < -0.39 is 0 Å². The molecule has 5 aromatic rings. The highest BCUT2D eigenvalue weighted by atomic mass is 16.3. The van der Waals surface area contributed by atoms with Crippen molar-refractivity contribution in [1.82, 2.24) is 0 Å². The summed E-state index contributed by atoms with van der Waals surface area (Å²) >= 11 is 0. The summed E-state index contributed by atoms with van der Waals surface area (Å²) in [5.74, 6) is 0. The Morgan fingerprint density at radius 2 is 1.16 bits per heavy atom. The number of benzene rings is 5. The highest BCUT2D eigenvalue weighted by Gasteiger charge is 2.29. The summed E-state index contributed by atoms with van der Waals surface area (Å²) in [4.78, 5) is 0. The predicted octanol–water partition coefficient (Wildman–Crippen LogP) is 9.15. The molecular formula is C31H28N6O. The van der Waals surface area contributed by atoms with Crippen LogP contribution in [-0.2, 0) is 0 Å². The first-order valence-corrected chi connectivity index (χ1v) is 12.8. The molecule has 38 heavy (non-hydrogen) atoms. The maximum atomic E-state index is 9.32. The van der Waals surface area contributed by atoms with Gasteiger partial charge in [0, 0.05) is 39.5 Å². The molecule has 7 heteroatoms. The number of hydrogen-bond donors (Lipinski definition) is 3. The molecule has 0 fully saturated rings. The zero-order chi connectivity index (χ0) is 26.0. The summed E-state index contributed by atoms with van der Waals surface area (Å²) in [5.41, 5.74) is 4.93. The topological polar surface area (TPSA) is 93.7 Å². The number of hydrogen-bond acceptors (Lipinski definition) is 7. The van der Waals surface area contributed by atoms with Crippen LogP contribution < -0.4 is 10.6 Å². The molecule has 1 aliphatic heterocycles. The minimum absolute atomic E-state index is 0.168. The summed E-state index contributed by atoms with van der Waals surface area (Å²) in [6.45, 7) is 2.28. The Kier molecular flexibility index (Phi) is 6.27. The van der Waals surface area contributed by atoms with Gasteiger partial charge in [0.05, 0.1) is 22.7 Å². The molecule has 0 aliphatic carbocycles. The van der Waals surface area contributed by atoms with Crippen molar-refractivity contribution >= 4 is 55.7 Å². The van der Waals surface area contributed by atoms with Crippen LogP contribution in [0.4, 0.5) is 34.1 Å². The summed E-state index contributed by atoms with van der Waals surface area (Å²) < 4.78 is 0. The number of aliphatic hydroxyl groups excluding tert-OH is 1. The number of aliphatic hydroxyl groups is 1. The van der Waals surface area contributed by atoms with Crippen LogP contribution in [0.2, 0.25) is 0 Å². The van der Waals surface area contributed by atoms with Gasteiger partial charge in [0.25, 0.3) is 0 Å². The molecule has 1 heterocycles. The molecule has 0 saturated heterocycles. The number of rotatable bonds is 7. The van der Waals surface area contributed by atoms with Crippen molar-refractivity contribution in [3.05, 3.63) is 97.1 Å². The van der Waals surface area contributed by atoms with Crippen molar-refractivity contribution in [2.75, 3.05) is 17.2 Å². The second kappa shape index (κ2) is 10.0. The molecule has 0 spiro atoms. The standard InChI is InChI=1S/C31H28N6O/c1-31(19-8-20-38)32-28-14-7-13-24-27(17-18-29(33-31)30(24)28)37-36-26-16-15-25(22-11-5-6-12-23(22)26)35-34-21-9-3-2-4-10-21/h2-7,9-18,32-33,38H,8,19-20H2,1H3/b35-34+,37-36?. The Balaban J connectivity index is 1.35. The first-order valence-electron chi connectivity index (χ1n) is 12.8. The average Bonchev–Trinajstić information content (AvgIpc) is 2.95. The SMILES string of the molecule is CC1(CCCO)Nc2cccc3c(N=Nc4ccc(/N=N/c5ccccc5)c5ccccc45)ccc(c23)N1. The second-order valence-electron chi connectivity index (χ2n) is 9.65. The van der Waals surface area contributed by atoms with Crippen molar-refractivity contribution in [1.29, 1.82) is 0 Å². The predicted molar refractivity (Wildman–Crippen MR) is 155 cm³/mol. The molecule has 0 aromatic heterocycles. The second-order valence-corrected chi connectivity index (χ2v) is 9.65. The smallest absolute Gasteiger partial charge is 0.105 e. The summed E-state index contributed by atoms with van der Waals surface area (Å²) in [6, 6.07) is 31.9. The van der Waals surface area contributed by atoms with Crippen molar-refractivity contribution < 1.29 is 5.11 Å². The fourth-order valence-electron chi connectivity index (χ4n) is 5.03. The lowest BCUT2D eigenvalue weighted by atomic mass is 9.96. The van der Waals surface area contributed by atoms with Gasteiger partial charge < -0.3 is 15.7 Å². The lowest BCUT2D eigenvalue weighted by Gasteiger charge is -2.39. The van der Waals surface area contributed by atoms with Crippen LogP contribution in [0.15, 0.2) is 118 Å². The minimum atomic E-state index is -0.328. The molecule has 188 valence electrons. The first-order chi connectivity index (χ1) is 18.6. The Morgan fingerprint density at radius 1 is 0.605 bits per heavy atom. The van der Waals surface area contributed by atoms with E-state index in [0.717, 1.165) is 62.1 Å². The Bertz CT molecular complexity index is 1670. The van der Waals surface area contributed by atoms with E-state index in [1.165, 1.54) is 0 Å². The van der Waals surface area contributed by atoms with Gasteiger partial charge in [-0.15, -0.1) is 15.3 Å². The van der Waals surface area contributed by atoms with Gasteiger partial charge in [-0.25, -0.2) is 0 Å². The molecule has 0 amide bonds. The molecule has 1 aliphatic rings. The molecule has 5 aromatic carbocycles. The lowest BCUT2D eigenvalue weighted by molar-refractivity contribution is 0.274. The van der Waals surface area contributed by atoms with Crippen LogP contribution in [0, 0.1) is 0 Å². The van der Waals surface area contributed by atoms with Gasteiger partial charge in [-0.1, -0.05) is 54.6 Å². The number of nitrogens with one attached hydrogen (secondary N) is 2. The molecule has 7 nitrogen and oxygen atoms in total. The van der Waals surface area contributed by atoms with Gasteiger partial charge in [0.2, 0.25) is 0 Å². The van der Waals surface area contributed by atoms with Crippen LogP contribution in [0.1, 0.15) is 19.8 Å². The van der Waals surface area contributed by atoms with Gasteiger partial charge in [0.15, 0.2) is 0 Å². The average molecular weight is 501 g/mol. The maximum Gasteiger partial charge on any atom is 0.105 e. The zero-order valence-corrected chi connectivity index (χ0v) is 21.1. The fraction of sp³-hybridized carbons (Fsp3) is 0.161. The Morgan fingerprint density at radius 3 is 1.84 bits per heavy atom. The van der Waals surface area contributed by atoms with E-state index in [4.69, 9.17) is 0 Å². The number of fused-ring (bicyclic) bond motifs is 1. The van der Waals surface area contributed by atoms with Crippen molar-refractivity contribution in [3.63, 3.8) is 0 Å². The number of nitrogens with zero attached hydrogens (tertiary/aromatic N) is 4. The third-order valence-electron chi connectivity index (χ3n) is 6.85. The number of anilines is 2. The summed E-state index contributed by atoms with van der Waals surface area (Å²) in [6.07, 6.45) is 1.52. The molecule has 0 bridgehead atoms. The van der Waals surface area contributed by atoms with Crippen LogP contribution in [0.25, 0.3) is 21.5 Å². The summed E-state index contributed by atoms with van der Waals surface area (Å²) in [7, 11) is 0. The van der Waals surface area contributed by atoms with E-state index in [9.17, 15) is 5.11 Å². The van der Waals surface area contributed by atoms with E-state index in [-0.39, 0.29) is 12.3 Å². The van der Waals surface area contributed by atoms with Crippen LogP contribution in [0.5, 0.6) is 0 Å². The molecule has 3 N–H and O–H groups in total. The van der Waals surface area contributed by atoms with Crippen LogP contribution in [-0.4, -0.2) is 17.4 Å². The zero-order valence-electron chi connectivity index (χ0n) is 21.1. The van der Waals surface area contributed by atoms with E-state index in [2.05, 4.69) is 56.2 Å². The fourth-order valence-corrected chi connectivity index (χ4v) is 5.03. The third kappa shape index (κ3) is 4.60. The highest BCUT2D eigenvalue weighted by Crippen LogP contribution is 2.43. The maximum absolute atomic E-state index is 9.32. The van der Waals surface area contributed by atoms with Gasteiger partial charge >= 0.3 is 0 Å². The van der Waals surface area contributed by atoms with Crippen LogP contribution >= 0.6 is 0 Å². The Hall–Kier alpha value is -4.62. The van der Waals surface area contributed by atoms with Crippen molar-refractivity contribution in [2.45, 2.75) is 25.4 Å². The van der Waals surface area contributed by atoms with E-state index in [0.29, 0.717) is 6.42 Å². The molecular weight excluding hydrogens is 472 g/mol. The highest BCUT2D eigenvalue weighted by molar-refractivity contribution is 6.09. The molecule has 0 saturated carbocycles. The lowest BCUT2D eigenvalue weighted by Crippen LogP contribution is -2.45. The van der Waals surface area contributed by atoms with E-state index in [1.807, 2.05) is 78.9 Å². The van der Waals surface area contributed by atoms with E-state index in [1.54, 1.807) is 0 Å². The Labute approximate surface area is 221 Å². The quantitative estimate of drug-likeness (QED) is 0.194. The minimum Gasteiger partial charge on any atom is -0.396 e. The normalized spacial score (nSPS) is 16.8. The largest absolute Gasteiger partial charge is 0.396 e.